The minimum absolute atomic E-state index is 0.572. The van der Waals surface area contributed by atoms with E-state index in [1.807, 2.05) is 12.1 Å². The zero-order valence-electron chi connectivity index (χ0n) is 9.92. The quantitative estimate of drug-likeness (QED) is 0.724. The third kappa shape index (κ3) is 4.34. The van der Waals surface area contributed by atoms with Crippen LogP contribution in [0.3, 0.4) is 0 Å². The summed E-state index contributed by atoms with van der Waals surface area (Å²) in [6, 6.07) is 8.80. The Morgan fingerprint density at radius 3 is 2.67 bits per heavy atom. The molecule has 0 spiro atoms. The molecule has 0 radical (unpaired) electrons. The van der Waals surface area contributed by atoms with Crippen LogP contribution in [0.15, 0.2) is 24.3 Å². The topological polar surface area (TPSA) is 21.3 Å². The van der Waals surface area contributed by atoms with Gasteiger partial charge in [-0.3, -0.25) is 0 Å². The number of nitrogens with one attached hydrogen (secondary N) is 1. The summed E-state index contributed by atoms with van der Waals surface area (Å²) in [6.07, 6.45) is 2.22. The molecule has 1 rings (SSSR count). The van der Waals surface area contributed by atoms with Gasteiger partial charge in [0.25, 0.3) is 0 Å². The van der Waals surface area contributed by atoms with Crippen LogP contribution in [0.1, 0.15) is 25.8 Å². The molecule has 0 fully saturated rings. The maximum absolute atomic E-state index is 5.30. The van der Waals surface area contributed by atoms with E-state index in [1.165, 1.54) is 5.56 Å². The Kier molecular flexibility index (Phi) is 5.19. The average molecular weight is 207 g/mol. The zero-order valence-corrected chi connectivity index (χ0v) is 9.92. The smallest absolute Gasteiger partial charge is 0.122 e. The van der Waals surface area contributed by atoms with Gasteiger partial charge in [0.1, 0.15) is 5.75 Å². The number of benzene rings is 1. The van der Waals surface area contributed by atoms with Crippen LogP contribution in [-0.4, -0.2) is 19.7 Å². The zero-order chi connectivity index (χ0) is 11.1. The van der Waals surface area contributed by atoms with Gasteiger partial charge in [0.2, 0.25) is 0 Å². The maximum atomic E-state index is 5.30. The van der Waals surface area contributed by atoms with Crippen LogP contribution < -0.4 is 10.1 Å². The van der Waals surface area contributed by atoms with Crippen LogP contribution in [0.5, 0.6) is 5.75 Å². The van der Waals surface area contributed by atoms with Crippen molar-refractivity contribution < 1.29 is 4.74 Å². The molecule has 0 heterocycles. The summed E-state index contributed by atoms with van der Waals surface area (Å²) in [4.78, 5) is 0. The van der Waals surface area contributed by atoms with Crippen molar-refractivity contribution in [1.29, 1.82) is 0 Å². The molecular formula is C13H21NO. The Labute approximate surface area is 92.6 Å². The van der Waals surface area contributed by atoms with Gasteiger partial charge < -0.3 is 10.1 Å². The second-order valence-electron chi connectivity index (χ2n) is 4.02. The Balaban J connectivity index is 2.36. The molecule has 0 atom stereocenters. The SMILES string of the molecule is COc1ccccc1CCCNC(C)C. The van der Waals surface area contributed by atoms with E-state index >= 15 is 0 Å². The first-order chi connectivity index (χ1) is 7.24. The second kappa shape index (κ2) is 6.46. The predicted molar refractivity (Wildman–Crippen MR) is 64.5 cm³/mol. The van der Waals surface area contributed by atoms with E-state index in [0.29, 0.717) is 6.04 Å². The fraction of sp³-hybridized carbons (Fsp3) is 0.538. The minimum atomic E-state index is 0.572. The van der Waals surface area contributed by atoms with Crippen molar-refractivity contribution in [2.45, 2.75) is 32.7 Å². The molecule has 2 nitrogen and oxygen atoms in total. The van der Waals surface area contributed by atoms with Gasteiger partial charge in [-0.15, -0.1) is 0 Å². The molecule has 0 aliphatic heterocycles. The minimum Gasteiger partial charge on any atom is -0.496 e. The van der Waals surface area contributed by atoms with E-state index in [1.54, 1.807) is 7.11 Å². The fourth-order valence-corrected chi connectivity index (χ4v) is 1.58. The van der Waals surface area contributed by atoms with Gasteiger partial charge in [-0.2, -0.15) is 0 Å². The van der Waals surface area contributed by atoms with Crippen LogP contribution in [-0.2, 0) is 6.42 Å². The molecular weight excluding hydrogens is 186 g/mol. The Bertz CT molecular complexity index is 284. The first kappa shape index (κ1) is 12.1. The van der Waals surface area contributed by atoms with E-state index in [9.17, 15) is 0 Å². The number of hydrogen-bond donors (Lipinski definition) is 1. The van der Waals surface area contributed by atoms with Crippen molar-refractivity contribution in [2.24, 2.45) is 0 Å². The second-order valence-corrected chi connectivity index (χ2v) is 4.02. The molecule has 0 aliphatic carbocycles. The molecule has 2 heteroatoms. The maximum Gasteiger partial charge on any atom is 0.122 e. The molecule has 0 saturated heterocycles. The summed E-state index contributed by atoms with van der Waals surface area (Å²) in [5, 5.41) is 3.41. The van der Waals surface area contributed by atoms with Crippen molar-refractivity contribution in [3.63, 3.8) is 0 Å². The van der Waals surface area contributed by atoms with E-state index in [2.05, 4.69) is 31.3 Å². The molecule has 1 aromatic carbocycles. The first-order valence-electron chi connectivity index (χ1n) is 5.59. The lowest BCUT2D eigenvalue weighted by molar-refractivity contribution is 0.408. The summed E-state index contributed by atoms with van der Waals surface area (Å²) >= 11 is 0. The van der Waals surface area contributed by atoms with Crippen LogP contribution >= 0.6 is 0 Å². The van der Waals surface area contributed by atoms with E-state index in [-0.39, 0.29) is 0 Å². The third-order valence-electron chi connectivity index (χ3n) is 2.37. The molecule has 0 aliphatic rings. The summed E-state index contributed by atoms with van der Waals surface area (Å²) in [5.74, 6) is 1.00. The molecule has 1 N–H and O–H groups in total. The summed E-state index contributed by atoms with van der Waals surface area (Å²) in [6.45, 7) is 5.40. The van der Waals surface area contributed by atoms with Crippen molar-refractivity contribution >= 4 is 0 Å². The third-order valence-corrected chi connectivity index (χ3v) is 2.37. The van der Waals surface area contributed by atoms with Crippen molar-refractivity contribution in [1.82, 2.24) is 5.32 Å². The highest BCUT2D eigenvalue weighted by Crippen LogP contribution is 2.18. The average Bonchev–Trinajstić information content (AvgIpc) is 2.24. The van der Waals surface area contributed by atoms with E-state index < -0.39 is 0 Å². The van der Waals surface area contributed by atoms with Crippen LogP contribution in [0.25, 0.3) is 0 Å². The molecule has 0 amide bonds. The first-order valence-corrected chi connectivity index (χ1v) is 5.59. The normalized spacial score (nSPS) is 10.7. The van der Waals surface area contributed by atoms with Gasteiger partial charge in [0.05, 0.1) is 7.11 Å². The highest BCUT2D eigenvalue weighted by atomic mass is 16.5. The van der Waals surface area contributed by atoms with E-state index in [0.717, 1.165) is 25.1 Å². The summed E-state index contributed by atoms with van der Waals surface area (Å²) in [7, 11) is 1.73. The van der Waals surface area contributed by atoms with Gasteiger partial charge in [-0.25, -0.2) is 0 Å². The largest absolute Gasteiger partial charge is 0.496 e. The lowest BCUT2D eigenvalue weighted by Crippen LogP contribution is -2.23. The van der Waals surface area contributed by atoms with Gasteiger partial charge in [-0.1, -0.05) is 32.0 Å². The van der Waals surface area contributed by atoms with Crippen molar-refractivity contribution in [2.75, 3.05) is 13.7 Å². The van der Waals surface area contributed by atoms with Gasteiger partial charge in [-0.05, 0) is 31.0 Å². The number of methoxy groups -OCH3 is 1. The summed E-state index contributed by atoms with van der Waals surface area (Å²) in [5.41, 5.74) is 1.30. The lowest BCUT2D eigenvalue weighted by Gasteiger charge is -2.10. The highest BCUT2D eigenvalue weighted by molar-refractivity contribution is 5.33. The number of hydrogen-bond acceptors (Lipinski definition) is 2. The van der Waals surface area contributed by atoms with Gasteiger partial charge >= 0.3 is 0 Å². The van der Waals surface area contributed by atoms with Gasteiger partial charge in [0, 0.05) is 6.04 Å². The highest BCUT2D eigenvalue weighted by Gasteiger charge is 2.00. The number of para-hydroxylation sites is 1. The van der Waals surface area contributed by atoms with Crippen molar-refractivity contribution in [3.05, 3.63) is 29.8 Å². The molecule has 0 aromatic heterocycles. The monoisotopic (exact) mass is 207 g/mol. The summed E-state index contributed by atoms with van der Waals surface area (Å²) < 4.78 is 5.30. The Hall–Kier alpha value is -1.02. The Morgan fingerprint density at radius 1 is 1.27 bits per heavy atom. The van der Waals surface area contributed by atoms with Crippen LogP contribution in [0.2, 0.25) is 0 Å². The molecule has 0 bridgehead atoms. The molecule has 0 saturated carbocycles. The number of rotatable bonds is 6. The van der Waals surface area contributed by atoms with Crippen LogP contribution in [0.4, 0.5) is 0 Å². The van der Waals surface area contributed by atoms with Gasteiger partial charge in [0.15, 0.2) is 0 Å². The van der Waals surface area contributed by atoms with Crippen molar-refractivity contribution in [3.8, 4) is 5.75 Å². The standard InChI is InChI=1S/C13H21NO/c1-11(2)14-10-6-8-12-7-4-5-9-13(12)15-3/h4-5,7,9,11,14H,6,8,10H2,1-3H3. The predicted octanol–water partition coefficient (Wildman–Crippen LogP) is 2.63. The lowest BCUT2D eigenvalue weighted by atomic mass is 10.1. The molecule has 1 aromatic rings. The molecule has 0 unspecified atom stereocenters. The Morgan fingerprint density at radius 2 is 2.00 bits per heavy atom. The van der Waals surface area contributed by atoms with Crippen LogP contribution in [0, 0.1) is 0 Å². The van der Waals surface area contributed by atoms with E-state index in [4.69, 9.17) is 4.74 Å². The fourth-order valence-electron chi connectivity index (χ4n) is 1.58. The molecule has 15 heavy (non-hydrogen) atoms. The molecule has 84 valence electrons. The number of aryl methyl sites for hydroxylation is 1. The number of ether oxygens (including phenoxy) is 1.